The van der Waals surface area contributed by atoms with E-state index < -0.39 is 5.41 Å². The summed E-state index contributed by atoms with van der Waals surface area (Å²) in [5, 5.41) is 0. The predicted molar refractivity (Wildman–Crippen MR) is 132 cm³/mol. The van der Waals surface area contributed by atoms with Crippen molar-refractivity contribution < 1.29 is 0 Å². The van der Waals surface area contributed by atoms with Gasteiger partial charge in [0.1, 0.15) is 0 Å². The summed E-state index contributed by atoms with van der Waals surface area (Å²) < 4.78 is 0. The molecule has 5 rings (SSSR count). The lowest BCUT2D eigenvalue weighted by molar-refractivity contribution is 0.752. The van der Waals surface area contributed by atoms with Crippen molar-refractivity contribution >= 4 is 11.4 Å². The average molecular weight is 405 g/mol. The normalized spacial score (nSPS) is 13.7. The molecule has 0 atom stereocenters. The van der Waals surface area contributed by atoms with Gasteiger partial charge in [-0.05, 0) is 95.5 Å². The van der Waals surface area contributed by atoms with Crippen molar-refractivity contribution in [2.75, 3.05) is 11.5 Å². The van der Waals surface area contributed by atoms with Crippen LogP contribution < -0.4 is 11.5 Å². The third-order valence-electron chi connectivity index (χ3n) is 6.99. The van der Waals surface area contributed by atoms with Crippen molar-refractivity contribution in [3.8, 4) is 11.1 Å². The SMILES string of the molecule is Cc1cc(C2(c3cc(C)c(N)cc3C)c3ccccc3-c3ccccc32)c(C)cc1N. The molecule has 0 fully saturated rings. The van der Waals surface area contributed by atoms with Gasteiger partial charge >= 0.3 is 0 Å². The molecular weight excluding hydrogens is 376 g/mol. The van der Waals surface area contributed by atoms with Crippen LogP contribution in [0.4, 0.5) is 11.4 Å². The Kier molecular flexibility index (Phi) is 4.23. The number of aryl methyl sites for hydroxylation is 4. The van der Waals surface area contributed by atoms with Gasteiger partial charge in [-0.15, -0.1) is 0 Å². The predicted octanol–water partition coefficient (Wildman–Crippen LogP) is 6.45. The van der Waals surface area contributed by atoms with E-state index in [1.165, 1.54) is 44.5 Å². The minimum Gasteiger partial charge on any atom is -0.399 e. The summed E-state index contributed by atoms with van der Waals surface area (Å²) in [6.45, 7) is 8.55. The summed E-state index contributed by atoms with van der Waals surface area (Å²) in [7, 11) is 0. The van der Waals surface area contributed by atoms with Gasteiger partial charge in [0.25, 0.3) is 0 Å². The van der Waals surface area contributed by atoms with Gasteiger partial charge in [0, 0.05) is 11.4 Å². The second-order valence-electron chi connectivity index (χ2n) is 8.89. The van der Waals surface area contributed by atoms with Gasteiger partial charge in [-0.25, -0.2) is 0 Å². The standard InChI is InChI=1S/C29H28N2/c1-17-15-27(30)19(3)13-25(17)29(26-14-20(4)28(31)16-18(26)2)23-11-7-5-9-21(23)22-10-6-8-12-24(22)29/h5-16H,30-31H2,1-4H3. The van der Waals surface area contributed by atoms with Crippen LogP contribution in [0.5, 0.6) is 0 Å². The molecule has 0 unspecified atom stereocenters. The molecule has 4 N–H and O–H groups in total. The smallest absolute Gasteiger partial charge is 0.0718 e. The Labute approximate surface area is 184 Å². The Morgan fingerprint density at radius 1 is 0.484 bits per heavy atom. The molecule has 154 valence electrons. The van der Waals surface area contributed by atoms with Gasteiger partial charge in [-0.2, -0.15) is 0 Å². The highest BCUT2D eigenvalue weighted by Crippen LogP contribution is 2.57. The van der Waals surface area contributed by atoms with E-state index in [0.717, 1.165) is 22.5 Å². The Hall–Kier alpha value is -3.52. The van der Waals surface area contributed by atoms with Gasteiger partial charge < -0.3 is 11.5 Å². The first-order valence-electron chi connectivity index (χ1n) is 10.8. The molecule has 0 aliphatic heterocycles. The summed E-state index contributed by atoms with van der Waals surface area (Å²) >= 11 is 0. The molecule has 0 spiro atoms. The summed E-state index contributed by atoms with van der Waals surface area (Å²) in [6, 6.07) is 26.4. The lowest BCUT2D eigenvalue weighted by atomic mass is 9.65. The summed E-state index contributed by atoms with van der Waals surface area (Å²) in [5.74, 6) is 0. The fourth-order valence-electron chi connectivity index (χ4n) is 5.45. The second kappa shape index (κ2) is 6.75. The van der Waals surface area contributed by atoms with E-state index in [2.05, 4.69) is 100 Å². The van der Waals surface area contributed by atoms with Crippen molar-refractivity contribution in [2.45, 2.75) is 33.1 Å². The molecule has 2 heteroatoms. The molecule has 1 aliphatic carbocycles. The third kappa shape index (κ3) is 2.58. The maximum atomic E-state index is 6.32. The van der Waals surface area contributed by atoms with Crippen LogP contribution in [0.3, 0.4) is 0 Å². The first-order chi connectivity index (χ1) is 14.9. The zero-order valence-corrected chi connectivity index (χ0v) is 18.6. The zero-order valence-electron chi connectivity index (χ0n) is 18.6. The van der Waals surface area contributed by atoms with E-state index in [0.29, 0.717) is 0 Å². The fourth-order valence-corrected chi connectivity index (χ4v) is 5.45. The van der Waals surface area contributed by atoms with Crippen molar-refractivity contribution in [3.05, 3.63) is 117 Å². The van der Waals surface area contributed by atoms with E-state index in [1.54, 1.807) is 0 Å². The average Bonchev–Trinajstić information content (AvgIpc) is 3.05. The molecule has 4 aromatic rings. The quantitative estimate of drug-likeness (QED) is 0.332. The van der Waals surface area contributed by atoms with E-state index in [9.17, 15) is 0 Å². The molecule has 2 nitrogen and oxygen atoms in total. The fraction of sp³-hybridized carbons (Fsp3) is 0.172. The first kappa shape index (κ1) is 19.4. The number of anilines is 2. The number of nitrogens with two attached hydrogens (primary N) is 2. The van der Waals surface area contributed by atoms with E-state index in [-0.39, 0.29) is 0 Å². The van der Waals surface area contributed by atoms with Gasteiger partial charge in [0.15, 0.2) is 0 Å². The number of hydrogen-bond donors (Lipinski definition) is 2. The minimum absolute atomic E-state index is 0.418. The van der Waals surface area contributed by atoms with Crippen LogP contribution >= 0.6 is 0 Å². The largest absolute Gasteiger partial charge is 0.399 e. The van der Waals surface area contributed by atoms with Gasteiger partial charge in [0.2, 0.25) is 0 Å². The number of fused-ring (bicyclic) bond motifs is 3. The van der Waals surface area contributed by atoms with Crippen LogP contribution in [-0.2, 0) is 5.41 Å². The molecule has 0 amide bonds. The highest BCUT2D eigenvalue weighted by Gasteiger charge is 2.47. The number of hydrogen-bond acceptors (Lipinski definition) is 2. The molecule has 31 heavy (non-hydrogen) atoms. The molecule has 1 aliphatic rings. The van der Waals surface area contributed by atoms with E-state index >= 15 is 0 Å². The molecule has 0 saturated carbocycles. The lowest BCUT2D eigenvalue weighted by Gasteiger charge is -2.37. The van der Waals surface area contributed by atoms with E-state index in [1.807, 2.05) is 0 Å². The van der Waals surface area contributed by atoms with Crippen molar-refractivity contribution in [2.24, 2.45) is 0 Å². The van der Waals surface area contributed by atoms with Crippen molar-refractivity contribution in [3.63, 3.8) is 0 Å². The first-order valence-corrected chi connectivity index (χ1v) is 10.8. The Morgan fingerprint density at radius 3 is 1.29 bits per heavy atom. The minimum atomic E-state index is -0.418. The number of benzene rings is 4. The van der Waals surface area contributed by atoms with Crippen LogP contribution in [0.15, 0.2) is 72.8 Å². The van der Waals surface area contributed by atoms with Crippen LogP contribution in [-0.4, -0.2) is 0 Å². The lowest BCUT2D eigenvalue weighted by Crippen LogP contribution is -2.31. The highest BCUT2D eigenvalue weighted by molar-refractivity contribution is 5.87. The summed E-state index contributed by atoms with van der Waals surface area (Å²) in [4.78, 5) is 0. The molecule has 0 aromatic heterocycles. The number of rotatable bonds is 2. The van der Waals surface area contributed by atoms with E-state index in [4.69, 9.17) is 11.5 Å². The maximum Gasteiger partial charge on any atom is 0.0718 e. The summed E-state index contributed by atoms with van der Waals surface area (Å²) in [5.41, 5.74) is 26.3. The topological polar surface area (TPSA) is 52.0 Å². The second-order valence-corrected chi connectivity index (χ2v) is 8.89. The Balaban J connectivity index is 2.03. The Bertz CT molecular complexity index is 1240. The number of nitrogen functional groups attached to an aromatic ring is 2. The molecule has 4 aromatic carbocycles. The molecule has 0 heterocycles. The van der Waals surface area contributed by atoms with Crippen molar-refractivity contribution in [1.29, 1.82) is 0 Å². The molecule has 0 radical (unpaired) electrons. The van der Waals surface area contributed by atoms with Gasteiger partial charge in [0.05, 0.1) is 5.41 Å². The van der Waals surface area contributed by atoms with Gasteiger partial charge in [-0.1, -0.05) is 60.7 Å². The Morgan fingerprint density at radius 2 is 0.871 bits per heavy atom. The van der Waals surface area contributed by atoms with Crippen LogP contribution in [0.25, 0.3) is 11.1 Å². The third-order valence-corrected chi connectivity index (χ3v) is 6.99. The van der Waals surface area contributed by atoms with Crippen molar-refractivity contribution in [1.82, 2.24) is 0 Å². The van der Waals surface area contributed by atoms with Gasteiger partial charge in [-0.3, -0.25) is 0 Å². The van der Waals surface area contributed by atoms with Crippen LogP contribution in [0.2, 0.25) is 0 Å². The van der Waals surface area contributed by atoms with Crippen LogP contribution in [0, 0.1) is 27.7 Å². The highest BCUT2D eigenvalue weighted by atomic mass is 14.6. The summed E-state index contributed by atoms with van der Waals surface area (Å²) in [6.07, 6.45) is 0. The maximum absolute atomic E-state index is 6.32. The van der Waals surface area contributed by atoms with Crippen LogP contribution in [0.1, 0.15) is 44.5 Å². The molecule has 0 saturated heterocycles. The zero-order chi connectivity index (χ0) is 21.9. The monoisotopic (exact) mass is 404 g/mol. The molecule has 0 bridgehead atoms. The molecular formula is C29H28N2.